The van der Waals surface area contributed by atoms with E-state index in [0.717, 1.165) is 38.9 Å². The molecule has 1 N–H and O–H groups in total. The number of fused-ring (bicyclic) bond motifs is 1. The molecule has 130 valence electrons. The molecule has 0 saturated heterocycles. The molecule has 25 heavy (non-hydrogen) atoms. The predicted molar refractivity (Wildman–Crippen MR) is 103 cm³/mol. The van der Waals surface area contributed by atoms with Crippen LogP contribution in [0.25, 0.3) is 11.0 Å². The molecule has 1 amide bonds. The largest absolute Gasteiger partial charge is 0.464 e. The van der Waals surface area contributed by atoms with Gasteiger partial charge in [-0.2, -0.15) is 0 Å². The third-order valence-electron chi connectivity index (χ3n) is 4.88. The molecule has 1 heterocycles. The highest BCUT2D eigenvalue weighted by Crippen LogP contribution is 2.29. The van der Waals surface area contributed by atoms with Crippen LogP contribution in [-0.2, 0) is 11.2 Å². The maximum absolute atomic E-state index is 12.6. The molecule has 0 aliphatic heterocycles. The Morgan fingerprint density at radius 3 is 2.56 bits per heavy atom. The summed E-state index contributed by atoms with van der Waals surface area (Å²) < 4.78 is 5.72. The van der Waals surface area contributed by atoms with Crippen LogP contribution in [-0.4, -0.2) is 5.91 Å². The van der Waals surface area contributed by atoms with Gasteiger partial charge in [0.25, 0.3) is 0 Å². The molecule has 0 saturated carbocycles. The van der Waals surface area contributed by atoms with Crippen LogP contribution >= 0.6 is 0 Å². The molecule has 0 spiro atoms. The zero-order valence-electron chi connectivity index (χ0n) is 15.6. The lowest BCUT2D eigenvalue weighted by molar-refractivity contribution is -0.115. The Bertz CT molecular complexity index is 935. The van der Waals surface area contributed by atoms with E-state index in [1.807, 2.05) is 32.0 Å². The third-order valence-corrected chi connectivity index (χ3v) is 4.88. The van der Waals surface area contributed by atoms with Crippen LogP contribution in [0.3, 0.4) is 0 Å². The number of benzene rings is 2. The number of amides is 1. The Morgan fingerprint density at radius 2 is 1.84 bits per heavy atom. The normalized spacial score (nSPS) is 11.3. The Morgan fingerprint density at radius 1 is 1.08 bits per heavy atom. The van der Waals surface area contributed by atoms with E-state index < -0.39 is 0 Å². The molecule has 1 aromatic heterocycles. The first kappa shape index (κ1) is 17.3. The predicted octanol–water partition coefficient (Wildman–Crippen LogP) is 5.66. The van der Waals surface area contributed by atoms with Crippen molar-refractivity contribution in [1.29, 1.82) is 0 Å². The van der Waals surface area contributed by atoms with E-state index in [1.165, 1.54) is 5.56 Å². The molecule has 2 aromatic carbocycles. The lowest BCUT2D eigenvalue weighted by Crippen LogP contribution is -2.16. The van der Waals surface area contributed by atoms with Gasteiger partial charge in [0.1, 0.15) is 5.58 Å². The van der Waals surface area contributed by atoms with Crippen molar-refractivity contribution in [2.24, 2.45) is 0 Å². The van der Waals surface area contributed by atoms with Crippen molar-refractivity contribution in [1.82, 2.24) is 0 Å². The van der Waals surface area contributed by atoms with Gasteiger partial charge in [0.15, 0.2) is 0 Å². The highest BCUT2D eigenvalue weighted by Gasteiger charge is 2.15. The van der Waals surface area contributed by atoms with Crippen LogP contribution in [0.5, 0.6) is 0 Å². The van der Waals surface area contributed by atoms with Gasteiger partial charge in [0, 0.05) is 16.6 Å². The molecule has 0 atom stereocenters. The first-order valence-corrected chi connectivity index (χ1v) is 8.74. The number of hydrogen-bond acceptors (Lipinski definition) is 2. The van der Waals surface area contributed by atoms with Gasteiger partial charge in [-0.05, 0) is 48.9 Å². The summed E-state index contributed by atoms with van der Waals surface area (Å²) in [4.78, 5) is 12.6. The minimum absolute atomic E-state index is 0.0165. The number of hydrogen-bond donors (Lipinski definition) is 1. The van der Waals surface area contributed by atoms with Crippen LogP contribution < -0.4 is 5.32 Å². The molecular formula is C22H25NO2. The zero-order chi connectivity index (χ0) is 18.1. The fraction of sp³-hybridized carbons (Fsp3) is 0.318. The minimum atomic E-state index is -0.0165. The Labute approximate surface area is 149 Å². The van der Waals surface area contributed by atoms with Crippen molar-refractivity contribution < 1.29 is 9.21 Å². The maximum atomic E-state index is 12.6. The lowest BCUT2D eigenvalue weighted by Gasteiger charge is -2.16. The SMILES string of the molecule is Cc1cccc(C(C)C)c1NC(=O)Cc1coc2c(C)c(C)ccc12. The number of carbonyl (C=O) groups is 1. The number of rotatable bonds is 4. The van der Waals surface area contributed by atoms with Crippen LogP contribution in [0.15, 0.2) is 41.0 Å². The molecule has 0 radical (unpaired) electrons. The van der Waals surface area contributed by atoms with Gasteiger partial charge in [0.2, 0.25) is 5.91 Å². The summed E-state index contributed by atoms with van der Waals surface area (Å²) in [6, 6.07) is 10.3. The van der Waals surface area contributed by atoms with E-state index in [0.29, 0.717) is 12.3 Å². The van der Waals surface area contributed by atoms with E-state index >= 15 is 0 Å². The summed E-state index contributed by atoms with van der Waals surface area (Å²) in [7, 11) is 0. The van der Waals surface area contributed by atoms with Crippen molar-refractivity contribution in [2.45, 2.75) is 47.0 Å². The topological polar surface area (TPSA) is 42.2 Å². The fourth-order valence-corrected chi connectivity index (χ4v) is 3.22. The summed E-state index contributed by atoms with van der Waals surface area (Å²) in [5, 5.41) is 4.13. The second-order valence-electron chi connectivity index (χ2n) is 7.06. The average molecular weight is 335 g/mol. The van der Waals surface area contributed by atoms with E-state index in [1.54, 1.807) is 6.26 Å². The average Bonchev–Trinajstić information content (AvgIpc) is 2.96. The fourth-order valence-electron chi connectivity index (χ4n) is 3.22. The molecule has 3 rings (SSSR count). The van der Waals surface area contributed by atoms with Crippen molar-refractivity contribution in [3.05, 3.63) is 64.4 Å². The number of nitrogens with one attached hydrogen (secondary N) is 1. The molecule has 0 aliphatic carbocycles. The molecule has 3 heteroatoms. The number of anilines is 1. The van der Waals surface area contributed by atoms with Crippen molar-refractivity contribution in [3.8, 4) is 0 Å². The van der Waals surface area contributed by atoms with E-state index in [-0.39, 0.29) is 5.91 Å². The maximum Gasteiger partial charge on any atom is 0.228 e. The first-order chi connectivity index (χ1) is 11.9. The van der Waals surface area contributed by atoms with Crippen LogP contribution in [0.1, 0.15) is 47.6 Å². The van der Waals surface area contributed by atoms with Crippen LogP contribution in [0, 0.1) is 20.8 Å². The molecule has 0 aliphatic rings. The number of carbonyl (C=O) groups excluding carboxylic acids is 1. The highest BCUT2D eigenvalue weighted by molar-refractivity contribution is 5.97. The Hall–Kier alpha value is -2.55. The number of aryl methyl sites for hydroxylation is 3. The molecule has 3 nitrogen and oxygen atoms in total. The second-order valence-corrected chi connectivity index (χ2v) is 7.06. The van der Waals surface area contributed by atoms with Crippen LogP contribution in [0.2, 0.25) is 0 Å². The van der Waals surface area contributed by atoms with E-state index in [4.69, 9.17) is 4.42 Å². The van der Waals surface area contributed by atoms with Crippen molar-refractivity contribution in [3.63, 3.8) is 0 Å². The highest BCUT2D eigenvalue weighted by atomic mass is 16.3. The summed E-state index contributed by atoms with van der Waals surface area (Å²) >= 11 is 0. The third kappa shape index (κ3) is 3.32. The van der Waals surface area contributed by atoms with Crippen LogP contribution in [0.4, 0.5) is 5.69 Å². The summed E-state index contributed by atoms with van der Waals surface area (Å²) in [5.74, 6) is 0.340. The Balaban J connectivity index is 1.86. The summed E-state index contributed by atoms with van der Waals surface area (Å²) in [5.41, 5.74) is 7.31. The Kier molecular flexibility index (Phi) is 4.67. The molecule has 0 fully saturated rings. The quantitative estimate of drug-likeness (QED) is 0.668. The van der Waals surface area contributed by atoms with Gasteiger partial charge in [-0.15, -0.1) is 0 Å². The molecular weight excluding hydrogens is 310 g/mol. The minimum Gasteiger partial charge on any atom is -0.464 e. The second kappa shape index (κ2) is 6.75. The molecule has 0 unspecified atom stereocenters. The van der Waals surface area contributed by atoms with Gasteiger partial charge in [-0.1, -0.05) is 44.2 Å². The monoisotopic (exact) mass is 335 g/mol. The lowest BCUT2D eigenvalue weighted by atomic mass is 9.98. The number of furan rings is 1. The summed E-state index contributed by atoms with van der Waals surface area (Å²) in [6.45, 7) is 10.4. The standard InChI is InChI=1S/C22H25NO2/c1-13(2)18-8-6-7-15(4)21(18)23-20(24)11-17-12-25-22-16(5)14(3)9-10-19(17)22/h6-10,12-13H,11H2,1-5H3,(H,23,24). The van der Waals surface area contributed by atoms with Crippen molar-refractivity contribution in [2.75, 3.05) is 5.32 Å². The van der Waals surface area contributed by atoms with Gasteiger partial charge in [-0.3, -0.25) is 4.79 Å². The van der Waals surface area contributed by atoms with E-state index in [9.17, 15) is 4.79 Å². The summed E-state index contributed by atoms with van der Waals surface area (Å²) in [6.07, 6.45) is 2.01. The van der Waals surface area contributed by atoms with Gasteiger partial charge < -0.3 is 9.73 Å². The van der Waals surface area contributed by atoms with Crippen molar-refractivity contribution >= 4 is 22.6 Å². The van der Waals surface area contributed by atoms with Gasteiger partial charge in [-0.25, -0.2) is 0 Å². The first-order valence-electron chi connectivity index (χ1n) is 8.74. The van der Waals surface area contributed by atoms with Gasteiger partial charge in [0.05, 0.1) is 12.7 Å². The molecule has 3 aromatic rings. The van der Waals surface area contributed by atoms with E-state index in [2.05, 4.69) is 38.2 Å². The molecule has 0 bridgehead atoms. The number of para-hydroxylation sites is 1. The zero-order valence-corrected chi connectivity index (χ0v) is 15.6. The smallest absolute Gasteiger partial charge is 0.228 e. The van der Waals surface area contributed by atoms with Gasteiger partial charge >= 0.3 is 0 Å².